The van der Waals surface area contributed by atoms with Crippen LogP contribution in [0.1, 0.15) is 39.5 Å². The van der Waals surface area contributed by atoms with Gasteiger partial charge in [0, 0.05) is 5.57 Å². The highest BCUT2D eigenvalue weighted by Crippen LogP contribution is 2.05. The second-order valence-corrected chi connectivity index (χ2v) is 4.25. The summed E-state index contributed by atoms with van der Waals surface area (Å²) in [5, 5.41) is 8.40. The van der Waals surface area contributed by atoms with Gasteiger partial charge >= 0.3 is 17.9 Å². The van der Waals surface area contributed by atoms with Crippen LogP contribution in [0.4, 0.5) is 0 Å². The number of hydrogen-bond donors (Lipinski definition) is 1. The van der Waals surface area contributed by atoms with Crippen molar-refractivity contribution >= 4 is 17.9 Å². The number of aliphatic carboxylic acids is 1. The third kappa shape index (κ3) is 9.82. The first kappa shape index (κ1) is 17.2. The first-order valence-electron chi connectivity index (χ1n) is 6.06. The number of hydrogen-bond acceptors (Lipinski definition) is 5. The van der Waals surface area contributed by atoms with E-state index in [1.165, 1.54) is 0 Å². The van der Waals surface area contributed by atoms with Gasteiger partial charge in [0.2, 0.25) is 0 Å². The minimum absolute atomic E-state index is 0.135. The second-order valence-electron chi connectivity index (χ2n) is 4.25. The van der Waals surface area contributed by atoms with Gasteiger partial charge in [-0.1, -0.05) is 6.58 Å². The summed E-state index contributed by atoms with van der Waals surface area (Å²) >= 11 is 0. The molecule has 19 heavy (non-hydrogen) atoms. The Labute approximate surface area is 112 Å². The van der Waals surface area contributed by atoms with Gasteiger partial charge in [0.1, 0.15) is 0 Å². The average molecular weight is 272 g/mol. The van der Waals surface area contributed by atoms with Crippen molar-refractivity contribution in [2.24, 2.45) is 0 Å². The molecule has 0 radical (unpaired) electrons. The molecule has 0 heterocycles. The van der Waals surface area contributed by atoms with Crippen molar-refractivity contribution in [1.29, 1.82) is 0 Å². The Kier molecular flexibility index (Phi) is 8.24. The molecule has 108 valence electrons. The molecule has 0 saturated carbocycles. The van der Waals surface area contributed by atoms with E-state index in [-0.39, 0.29) is 25.6 Å². The Morgan fingerprint density at radius 3 is 2.42 bits per heavy atom. The maximum atomic E-state index is 11.2. The quantitative estimate of drug-likeness (QED) is 0.390. The van der Waals surface area contributed by atoms with Crippen LogP contribution in [-0.4, -0.2) is 35.7 Å². The lowest BCUT2D eigenvalue weighted by Crippen LogP contribution is -2.17. The number of carboxylic acids is 1. The van der Waals surface area contributed by atoms with Crippen molar-refractivity contribution in [2.75, 3.05) is 6.61 Å². The van der Waals surface area contributed by atoms with Crippen molar-refractivity contribution in [2.45, 2.75) is 45.6 Å². The topological polar surface area (TPSA) is 89.9 Å². The van der Waals surface area contributed by atoms with Crippen LogP contribution in [0.3, 0.4) is 0 Å². The van der Waals surface area contributed by atoms with E-state index in [4.69, 9.17) is 14.6 Å². The maximum Gasteiger partial charge on any atom is 0.333 e. The zero-order valence-electron chi connectivity index (χ0n) is 11.3. The molecule has 0 aliphatic carbocycles. The van der Waals surface area contributed by atoms with Gasteiger partial charge in [-0.05, 0) is 26.7 Å². The van der Waals surface area contributed by atoms with Gasteiger partial charge in [-0.25, -0.2) is 4.79 Å². The maximum absolute atomic E-state index is 11.2. The van der Waals surface area contributed by atoms with E-state index in [9.17, 15) is 14.4 Å². The zero-order valence-corrected chi connectivity index (χ0v) is 11.3. The molecule has 0 rings (SSSR count). The Hall–Kier alpha value is -1.85. The average Bonchev–Trinajstić information content (AvgIpc) is 2.31. The molecular weight excluding hydrogens is 252 g/mol. The first-order chi connectivity index (χ1) is 8.82. The summed E-state index contributed by atoms with van der Waals surface area (Å²) in [6.45, 7) is 6.96. The number of carbonyl (C=O) groups excluding carboxylic acids is 2. The lowest BCUT2D eigenvalue weighted by molar-refractivity contribution is -0.152. The van der Waals surface area contributed by atoms with E-state index in [1.54, 1.807) is 13.8 Å². The highest BCUT2D eigenvalue weighted by Gasteiger charge is 2.11. The van der Waals surface area contributed by atoms with Gasteiger partial charge in [-0.3, -0.25) is 9.59 Å². The molecule has 0 bridgehead atoms. The van der Waals surface area contributed by atoms with Crippen molar-refractivity contribution in [3.05, 3.63) is 12.2 Å². The highest BCUT2D eigenvalue weighted by molar-refractivity contribution is 5.86. The molecule has 0 fully saturated rings. The molecule has 0 aromatic carbocycles. The number of rotatable bonds is 9. The molecule has 6 nitrogen and oxygen atoms in total. The van der Waals surface area contributed by atoms with E-state index >= 15 is 0 Å². The van der Waals surface area contributed by atoms with Crippen LogP contribution in [0.25, 0.3) is 0 Å². The summed E-state index contributed by atoms with van der Waals surface area (Å²) < 4.78 is 9.88. The predicted octanol–water partition coefficient (Wildman–Crippen LogP) is 1.68. The molecule has 0 amide bonds. The molecule has 6 heteroatoms. The standard InChI is InChI=1S/C13H20O6/c1-9(2)13(17)18-8-4-5-10(3)19-12(16)7-6-11(14)15/h10H,1,4-8H2,2-3H3,(H,14,15). The summed E-state index contributed by atoms with van der Waals surface area (Å²) in [7, 11) is 0. The van der Waals surface area contributed by atoms with Crippen molar-refractivity contribution in [3.8, 4) is 0 Å². The molecule has 0 aromatic rings. The molecule has 1 N–H and O–H groups in total. The number of ether oxygens (including phenoxy) is 2. The fraction of sp³-hybridized carbons (Fsp3) is 0.615. The third-order valence-corrected chi connectivity index (χ3v) is 2.21. The second kappa shape index (κ2) is 9.13. The zero-order chi connectivity index (χ0) is 14.8. The molecule has 0 saturated heterocycles. The van der Waals surface area contributed by atoms with Crippen LogP contribution in [0.15, 0.2) is 12.2 Å². The van der Waals surface area contributed by atoms with Crippen LogP contribution in [0.2, 0.25) is 0 Å². The molecular formula is C13H20O6. The summed E-state index contributed by atoms with van der Waals surface area (Å²) in [4.78, 5) is 32.5. The monoisotopic (exact) mass is 272 g/mol. The molecule has 1 unspecified atom stereocenters. The summed E-state index contributed by atoms with van der Waals surface area (Å²) in [5.74, 6) is -2.00. The summed E-state index contributed by atoms with van der Waals surface area (Å²) in [5.41, 5.74) is 0.341. The molecule has 0 spiro atoms. The largest absolute Gasteiger partial charge is 0.481 e. The van der Waals surface area contributed by atoms with Gasteiger partial charge in [0.25, 0.3) is 0 Å². The van der Waals surface area contributed by atoms with Crippen LogP contribution in [0, 0.1) is 0 Å². The highest BCUT2D eigenvalue weighted by atomic mass is 16.5. The molecule has 0 aliphatic rings. The number of carboxylic acid groups (broad SMARTS) is 1. The predicted molar refractivity (Wildman–Crippen MR) is 67.4 cm³/mol. The molecule has 0 aliphatic heterocycles. The lowest BCUT2D eigenvalue weighted by atomic mass is 10.2. The van der Waals surface area contributed by atoms with Crippen molar-refractivity contribution in [3.63, 3.8) is 0 Å². The minimum atomic E-state index is -1.03. The fourth-order valence-electron chi connectivity index (χ4n) is 1.21. The smallest absolute Gasteiger partial charge is 0.333 e. The Balaban J connectivity index is 3.66. The third-order valence-electron chi connectivity index (χ3n) is 2.21. The molecule has 1 atom stereocenters. The van der Waals surface area contributed by atoms with Gasteiger partial charge in [-0.15, -0.1) is 0 Å². The van der Waals surface area contributed by atoms with Crippen molar-refractivity contribution < 1.29 is 29.0 Å². The SMILES string of the molecule is C=C(C)C(=O)OCCCC(C)OC(=O)CCC(=O)O. The van der Waals surface area contributed by atoms with E-state index < -0.39 is 17.9 Å². The van der Waals surface area contributed by atoms with Crippen LogP contribution < -0.4 is 0 Å². The Morgan fingerprint density at radius 1 is 1.26 bits per heavy atom. The number of carbonyl (C=O) groups is 3. The van der Waals surface area contributed by atoms with Gasteiger partial charge in [-0.2, -0.15) is 0 Å². The first-order valence-corrected chi connectivity index (χ1v) is 6.06. The number of esters is 2. The van der Waals surface area contributed by atoms with Gasteiger partial charge in [0.05, 0.1) is 25.6 Å². The fourth-order valence-corrected chi connectivity index (χ4v) is 1.21. The van der Waals surface area contributed by atoms with Gasteiger partial charge < -0.3 is 14.6 Å². The van der Waals surface area contributed by atoms with Crippen LogP contribution in [0.5, 0.6) is 0 Å². The summed E-state index contributed by atoms with van der Waals surface area (Å²) in [6.07, 6.45) is 0.408. The summed E-state index contributed by atoms with van der Waals surface area (Å²) in [6, 6.07) is 0. The van der Waals surface area contributed by atoms with E-state index in [1.807, 2.05) is 0 Å². The minimum Gasteiger partial charge on any atom is -0.481 e. The Bertz CT molecular complexity index is 347. The normalized spacial score (nSPS) is 11.5. The van der Waals surface area contributed by atoms with E-state index in [0.29, 0.717) is 18.4 Å². The van der Waals surface area contributed by atoms with Gasteiger partial charge in [0.15, 0.2) is 0 Å². The van der Waals surface area contributed by atoms with Crippen molar-refractivity contribution in [1.82, 2.24) is 0 Å². The molecule has 0 aromatic heterocycles. The van der Waals surface area contributed by atoms with Crippen LogP contribution >= 0.6 is 0 Å². The Morgan fingerprint density at radius 2 is 1.89 bits per heavy atom. The lowest BCUT2D eigenvalue weighted by Gasteiger charge is -2.12. The van der Waals surface area contributed by atoms with E-state index in [0.717, 1.165) is 0 Å². The van der Waals surface area contributed by atoms with E-state index in [2.05, 4.69) is 6.58 Å². The van der Waals surface area contributed by atoms with Crippen LogP contribution in [-0.2, 0) is 23.9 Å².